The van der Waals surface area contributed by atoms with Crippen LogP contribution in [0.4, 0.5) is 11.4 Å². The van der Waals surface area contributed by atoms with Gasteiger partial charge < -0.3 is 10.1 Å². The molecule has 0 unspecified atom stereocenters. The van der Waals surface area contributed by atoms with Crippen molar-refractivity contribution in [2.75, 3.05) is 17.3 Å². The van der Waals surface area contributed by atoms with Gasteiger partial charge in [0.1, 0.15) is 11.4 Å². The molecular formula is C14H16N4O2. The molecule has 0 bridgehead atoms. The molecule has 0 fully saturated rings. The molecule has 0 aliphatic carbocycles. The number of amides is 1. The number of aryl methyl sites for hydroxylation is 1. The Bertz CT molecular complexity index is 570. The van der Waals surface area contributed by atoms with Crippen molar-refractivity contribution in [3.8, 4) is 18.1 Å². The number of methoxy groups -OCH3 is 1. The number of nitriles is 2. The van der Waals surface area contributed by atoms with Crippen molar-refractivity contribution in [2.24, 2.45) is 0 Å². The Labute approximate surface area is 118 Å². The van der Waals surface area contributed by atoms with Crippen LogP contribution >= 0.6 is 0 Å². The van der Waals surface area contributed by atoms with Gasteiger partial charge in [-0.1, -0.05) is 13.8 Å². The molecule has 0 radical (unpaired) electrons. The third-order valence-corrected chi connectivity index (χ3v) is 2.78. The summed E-state index contributed by atoms with van der Waals surface area (Å²) in [7, 11) is 1.48. The van der Waals surface area contributed by atoms with Crippen LogP contribution in [-0.4, -0.2) is 13.0 Å². The second-order valence-electron chi connectivity index (χ2n) is 3.98. The first-order chi connectivity index (χ1) is 9.60. The normalized spacial score (nSPS) is 9.25. The van der Waals surface area contributed by atoms with Gasteiger partial charge in [-0.3, -0.25) is 4.79 Å². The zero-order chi connectivity index (χ0) is 15.1. The minimum Gasteiger partial charge on any atom is -0.494 e. The highest BCUT2D eigenvalue weighted by Crippen LogP contribution is 2.35. The molecule has 0 saturated heterocycles. The molecule has 6 heteroatoms. The summed E-state index contributed by atoms with van der Waals surface area (Å²) in [4.78, 5) is 12.3. The number of ether oxygens (including phenoxy) is 1. The molecule has 1 N–H and O–H groups in total. The van der Waals surface area contributed by atoms with Gasteiger partial charge in [-0.05, 0) is 24.1 Å². The van der Waals surface area contributed by atoms with E-state index in [0.717, 1.165) is 10.5 Å². The molecule has 1 aromatic rings. The van der Waals surface area contributed by atoms with Crippen LogP contribution in [0.1, 0.15) is 25.8 Å². The molecule has 1 rings (SSSR count). The van der Waals surface area contributed by atoms with Crippen molar-refractivity contribution >= 4 is 17.3 Å². The molecule has 1 amide bonds. The van der Waals surface area contributed by atoms with Crippen LogP contribution in [0.2, 0.25) is 0 Å². The minimum absolute atomic E-state index is 0.136. The van der Waals surface area contributed by atoms with E-state index in [9.17, 15) is 4.79 Å². The topological polar surface area (TPSA) is 89.2 Å². The van der Waals surface area contributed by atoms with E-state index in [0.29, 0.717) is 30.0 Å². The molecule has 0 aliphatic rings. The van der Waals surface area contributed by atoms with Crippen LogP contribution in [0.15, 0.2) is 12.1 Å². The van der Waals surface area contributed by atoms with E-state index in [1.807, 2.05) is 6.92 Å². The first-order valence-electron chi connectivity index (χ1n) is 6.21. The largest absolute Gasteiger partial charge is 0.494 e. The third-order valence-electron chi connectivity index (χ3n) is 2.78. The number of hydrogen-bond donors (Lipinski definition) is 1. The van der Waals surface area contributed by atoms with Crippen LogP contribution in [0, 0.1) is 22.9 Å². The van der Waals surface area contributed by atoms with Crippen LogP contribution < -0.4 is 15.0 Å². The van der Waals surface area contributed by atoms with E-state index in [2.05, 4.69) is 5.32 Å². The van der Waals surface area contributed by atoms with Gasteiger partial charge in [0.2, 0.25) is 5.91 Å². The number of carbonyl (C=O) groups excluding carboxylic acids is 1. The summed E-state index contributed by atoms with van der Waals surface area (Å²) in [6, 6.07) is 3.33. The smallest absolute Gasteiger partial charge is 0.224 e. The maximum Gasteiger partial charge on any atom is 0.224 e. The lowest BCUT2D eigenvalue weighted by atomic mass is 10.1. The predicted octanol–water partition coefficient (Wildman–Crippen LogP) is 2.37. The number of carbonyl (C=O) groups is 1. The predicted molar refractivity (Wildman–Crippen MR) is 75.0 cm³/mol. The summed E-state index contributed by atoms with van der Waals surface area (Å²) < 4.78 is 5.28. The average molecular weight is 272 g/mol. The van der Waals surface area contributed by atoms with E-state index >= 15 is 0 Å². The standard InChI is InChI=1S/C14H16N4O2/c1-4-10-6-11(17-13(19)5-2)7-12(14(10)20-3)18(8-15)9-16/h6-7H,4-5H2,1-3H3,(H,17,19). The lowest BCUT2D eigenvalue weighted by Crippen LogP contribution is -2.13. The fourth-order valence-electron chi connectivity index (χ4n) is 1.79. The van der Waals surface area contributed by atoms with Crippen LogP contribution in [0.25, 0.3) is 0 Å². The highest BCUT2D eigenvalue weighted by Gasteiger charge is 2.17. The molecule has 0 heterocycles. The van der Waals surface area contributed by atoms with Gasteiger partial charge in [0.05, 0.1) is 7.11 Å². The zero-order valence-corrected chi connectivity index (χ0v) is 11.7. The van der Waals surface area contributed by atoms with Crippen molar-refractivity contribution in [3.05, 3.63) is 17.7 Å². The van der Waals surface area contributed by atoms with Crippen molar-refractivity contribution in [1.82, 2.24) is 0 Å². The van der Waals surface area contributed by atoms with E-state index in [1.54, 1.807) is 31.4 Å². The second-order valence-corrected chi connectivity index (χ2v) is 3.98. The maximum absolute atomic E-state index is 11.5. The Kier molecular flexibility index (Phi) is 5.37. The molecule has 0 saturated carbocycles. The number of benzene rings is 1. The summed E-state index contributed by atoms with van der Waals surface area (Å²) in [6.45, 7) is 3.67. The molecule has 20 heavy (non-hydrogen) atoms. The highest BCUT2D eigenvalue weighted by molar-refractivity contribution is 5.92. The Morgan fingerprint density at radius 1 is 1.35 bits per heavy atom. The van der Waals surface area contributed by atoms with E-state index in [4.69, 9.17) is 15.3 Å². The highest BCUT2D eigenvalue weighted by atomic mass is 16.5. The Hall–Kier alpha value is -2.73. The molecular weight excluding hydrogens is 256 g/mol. The van der Waals surface area contributed by atoms with Gasteiger partial charge in [-0.15, -0.1) is 0 Å². The summed E-state index contributed by atoms with van der Waals surface area (Å²) in [5.41, 5.74) is 1.68. The van der Waals surface area contributed by atoms with E-state index in [-0.39, 0.29) is 5.91 Å². The molecule has 104 valence electrons. The SMILES string of the molecule is CCC(=O)Nc1cc(CC)c(OC)c(N(C#N)C#N)c1. The van der Waals surface area contributed by atoms with Gasteiger partial charge >= 0.3 is 0 Å². The van der Waals surface area contributed by atoms with Crippen LogP contribution in [0.3, 0.4) is 0 Å². The quantitative estimate of drug-likeness (QED) is 0.656. The zero-order valence-electron chi connectivity index (χ0n) is 11.7. The summed E-state index contributed by atoms with van der Waals surface area (Å²) in [6.07, 6.45) is 4.54. The fourth-order valence-corrected chi connectivity index (χ4v) is 1.79. The van der Waals surface area contributed by atoms with Crippen LogP contribution in [0.5, 0.6) is 5.75 Å². The second kappa shape index (κ2) is 7.01. The lowest BCUT2D eigenvalue weighted by Gasteiger charge is -2.17. The minimum atomic E-state index is -0.136. The lowest BCUT2D eigenvalue weighted by molar-refractivity contribution is -0.115. The Balaban J connectivity index is 3.39. The van der Waals surface area contributed by atoms with Crippen LogP contribution in [-0.2, 0) is 11.2 Å². The van der Waals surface area contributed by atoms with Crippen molar-refractivity contribution in [2.45, 2.75) is 26.7 Å². The summed E-state index contributed by atoms with van der Waals surface area (Å²) in [5.74, 6) is 0.328. The Morgan fingerprint density at radius 2 is 2.00 bits per heavy atom. The molecule has 6 nitrogen and oxygen atoms in total. The van der Waals surface area contributed by atoms with Gasteiger partial charge in [0.25, 0.3) is 0 Å². The van der Waals surface area contributed by atoms with Crippen molar-refractivity contribution < 1.29 is 9.53 Å². The number of rotatable bonds is 5. The van der Waals surface area contributed by atoms with E-state index in [1.165, 1.54) is 7.11 Å². The van der Waals surface area contributed by atoms with Crippen molar-refractivity contribution in [3.63, 3.8) is 0 Å². The van der Waals surface area contributed by atoms with Gasteiger partial charge in [-0.25, -0.2) is 0 Å². The average Bonchev–Trinajstić information content (AvgIpc) is 2.47. The molecule has 0 spiro atoms. The molecule has 0 atom stereocenters. The van der Waals surface area contributed by atoms with Crippen molar-refractivity contribution in [1.29, 1.82) is 10.5 Å². The fraction of sp³-hybridized carbons (Fsp3) is 0.357. The Morgan fingerprint density at radius 3 is 2.45 bits per heavy atom. The first-order valence-corrected chi connectivity index (χ1v) is 6.21. The number of hydrogen-bond acceptors (Lipinski definition) is 5. The molecule has 0 aromatic heterocycles. The number of anilines is 2. The number of nitrogens with zero attached hydrogens (tertiary/aromatic N) is 3. The molecule has 0 aliphatic heterocycles. The monoisotopic (exact) mass is 272 g/mol. The molecule has 1 aromatic carbocycles. The third kappa shape index (κ3) is 3.18. The number of nitrogens with one attached hydrogen (secondary N) is 1. The summed E-state index contributed by atoms with van der Waals surface area (Å²) in [5, 5.41) is 20.7. The maximum atomic E-state index is 11.5. The van der Waals surface area contributed by atoms with Gasteiger partial charge in [-0.2, -0.15) is 15.4 Å². The van der Waals surface area contributed by atoms with Gasteiger partial charge in [0, 0.05) is 12.1 Å². The summed E-state index contributed by atoms with van der Waals surface area (Å²) >= 11 is 0. The first kappa shape index (κ1) is 15.3. The van der Waals surface area contributed by atoms with Gasteiger partial charge in [0.15, 0.2) is 12.4 Å². The van der Waals surface area contributed by atoms with E-state index < -0.39 is 0 Å².